The van der Waals surface area contributed by atoms with Crippen molar-refractivity contribution in [2.75, 3.05) is 11.9 Å². The van der Waals surface area contributed by atoms with E-state index < -0.39 is 0 Å². The van der Waals surface area contributed by atoms with Gasteiger partial charge in [0.1, 0.15) is 17.3 Å². The first-order valence-corrected chi connectivity index (χ1v) is 6.33. The number of nitrogens with one attached hydrogen (secondary N) is 1. The van der Waals surface area contributed by atoms with Crippen molar-refractivity contribution < 1.29 is 0 Å². The van der Waals surface area contributed by atoms with E-state index in [0.29, 0.717) is 5.15 Å². The molecule has 0 radical (unpaired) electrons. The summed E-state index contributed by atoms with van der Waals surface area (Å²) in [5, 5.41) is 3.98. The van der Waals surface area contributed by atoms with Crippen LogP contribution >= 0.6 is 11.6 Å². The molecule has 0 saturated heterocycles. The summed E-state index contributed by atoms with van der Waals surface area (Å²) >= 11 is 6.08. The maximum absolute atomic E-state index is 6.08. The molecular weight excluding hydrogens is 222 g/mol. The molecule has 1 aliphatic carbocycles. The van der Waals surface area contributed by atoms with Gasteiger partial charge in [0.15, 0.2) is 0 Å². The third-order valence-electron chi connectivity index (χ3n) is 3.20. The van der Waals surface area contributed by atoms with Crippen molar-refractivity contribution in [2.24, 2.45) is 11.8 Å². The van der Waals surface area contributed by atoms with Crippen molar-refractivity contribution in [2.45, 2.75) is 33.1 Å². The van der Waals surface area contributed by atoms with E-state index in [4.69, 9.17) is 11.6 Å². The molecule has 1 aromatic rings. The van der Waals surface area contributed by atoms with E-state index in [1.165, 1.54) is 12.7 Å². The highest BCUT2D eigenvalue weighted by atomic mass is 35.5. The van der Waals surface area contributed by atoms with Crippen LogP contribution in [0.5, 0.6) is 0 Å². The summed E-state index contributed by atoms with van der Waals surface area (Å²) in [6, 6.07) is 0. The van der Waals surface area contributed by atoms with E-state index >= 15 is 0 Å². The number of anilines is 1. The van der Waals surface area contributed by atoms with Crippen LogP contribution in [0.1, 0.15) is 32.3 Å². The summed E-state index contributed by atoms with van der Waals surface area (Å²) in [5.41, 5.74) is 1.06. The molecule has 16 heavy (non-hydrogen) atoms. The van der Waals surface area contributed by atoms with Crippen LogP contribution in [0, 0.1) is 11.8 Å². The molecule has 1 N–H and O–H groups in total. The van der Waals surface area contributed by atoms with Gasteiger partial charge in [0, 0.05) is 12.1 Å². The Morgan fingerprint density at radius 1 is 1.50 bits per heavy atom. The lowest BCUT2D eigenvalue weighted by atomic mass is 10.2. The Morgan fingerprint density at radius 2 is 2.25 bits per heavy atom. The Morgan fingerprint density at radius 3 is 2.88 bits per heavy atom. The van der Waals surface area contributed by atoms with Gasteiger partial charge >= 0.3 is 0 Å². The van der Waals surface area contributed by atoms with Gasteiger partial charge in [-0.05, 0) is 24.7 Å². The first-order chi connectivity index (χ1) is 7.72. The Balaban J connectivity index is 2.03. The molecular formula is C12H18ClN3. The van der Waals surface area contributed by atoms with Gasteiger partial charge in [-0.2, -0.15) is 0 Å². The van der Waals surface area contributed by atoms with Crippen LogP contribution in [0.4, 0.5) is 5.82 Å². The molecule has 2 unspecified atom stereocenters. The molecule has 0 amide bonds. The van der Waals surface area contributed by atoms with Crippen LogP contribution in [-0.4, -0.2) is 16.5 Å². The van der Waals surface area contributed by atoms with E-state index in [1.54, 1.807) is 0 Å². The highest BCUT2D eigenvalue weighted by molar-refractivity contribution is 6.30. The van der Waals surface area contributed by atoms with Gasteiger partial charge in [-0.25, -0.2) is 9.97 Å². The van der Waals surface area contributed by atoms with Gasteiger partial charge in [0.05, 0.1) is 0 Å². The maximum Gasteiger partial charge on any atom is 0.137 e. The van der Waals surface area contributed by atoms with Crippen LogP contribution in [0.15, 0.2) is 6.33 Å². The first kappa shape index (κ1) is 11.6. The monoisotopic (exact) mass is 239 g/mol. The van der Waals surface area contributed by atoms with Crippen molar-refractivity contribution >= 4 is 17.4 Å². The van der Waals surface area contributed by atoms with Crippen LogP contribution in [-0.2, 0) is 6.42 Å². The summed E-state index contributed by atoms with van der Waals surface area (Å²) in [6.45, 7) is 5.42. The molecule has 2 atom stereocenters. The lowest BCUT2D eigenvalue weighted by Gasteiger charge is -2.10. The summed E-state index contributed by atoms with van der Waals surface area (Å²) in [5.74, 6) is 2.59. The topological polar surface area (TPSA) is 37.8 Å². The number of hydrogen-bond acceptors (Lipinski definition) is 3. The van der Waals surface area contributed by atoms with E-state index in [-0.39, 0.29) is 0 Å². The van der Waals surface area contributed by atoms with Crippen molar-refractivity contribution in [3.63, 3.8) is 0 Å². The lowest BCUT2D eigenvalue weighted by Crippen LogP contribution is -2.09. The minimum absolute atomic E-state index is 0.586. The van der Waals surface area contributed by atoms with E-state index in [0.717, 1.165) is 42.6 Å². The molecule has 88 valence electrons. The minimum Gasteiger partial charge on any atom is -0.369 e. The predicted octanol–water partition coefficient (Wildman–Crippen LogP) is 3.15. The van der Waals surface area contributed by atoms with Gasteiger partial charge < -0.3 is 5.32 Å². The van der Waals surface area contributed by atoms with Gasteiger partial charge in [-0.15, -0.1) is 0 Å². The zero-order chi connectivity index (χ0) is 11.5. The minimum atomic E-state index is 0.586. The number of aromatic nitrogens is 2. The molecule has 0 aromatic carbocycles. The quantitative estimate of drug-likeness (QED) is 0.803. The van der Waals surface area contributed by atoms with Gasteiger partial charge in [-0.3, -0.25) is 0 Å². The Kier molecular flexibility index (Phi) is 3.64. The van der Waals surface area contributed by atoms with Crippen LogP contribution in [0.2, 0.25) is 5.15 Å². The third-order valence-corrected chi connectivity index (χ3v) is 3.53. The molecule has 1 fully saturated rings. The van der Waals surface area contributed by atoms with Crippen LogP contribution < -0.4 is 5.32 Å². The first-order valence-electron chi connectivity index (χ1n) is 5.95. The molecule has 0 spiro atoms. The summed E-state index contributed by atoms with van der Waals surface area (Å²) in [7, 11) is 0. The van der Waals surface area contributed by atoms with Crippen molar-refractivity contribution in [1.82, 2.24) is 9.97 Å². The number of nitrogens with zero attached hydrogens (tertiary/aromatic N) is 2. The largest absolute Gasteiger partial charge is 0.369 e. The SMILES string of the molecule is CCCc1c(Cl)ncnc1NCC1CC1C. The highest BCUT2D eigenvalue weighted by Crippen LogP contribution is 2.37. The Hall–Kier alpha value is -0.830. The second-order valence-electron chi connectivity index (χ2n) is 4.60. The molecule has 2 rings (SSSR count). The highest BCUT2D eigenvalue weighted by Gasteiger charge is 2.32. The fourth-order valence-corrected chi connectivity index (χ4v) is 2.15. The molecule has 1 aromatic heterocycles. The maximum atomic E-state index is 6.08. The Bertz CT molecular complexity index is 367. The van der Waals surface area contributed by atoms with Gasteiger partial charge in [0.2, 0.25) is 0 Å². The average molecular weight is 240 g/mol. The summed E-state index contributed by atoms with van der Waals surface area (Å²) in [6.07, 6.45) is 4.85. The van der Waals surface area contributed by atoms with Crippen LogP contribution in [0.3, 0.4) is 0 Å². The molecule has 4 heteroatoms. The number of rotatable bonds is 5. The fraction of sp³-hybridized carbons (Fsp3) is 0.667. The molecule has 0 aliphatic heterocycles. The standard InChI is InChI=1S/C12H18ClN3/c1-3-4-10-11(13)15-7-16-12(10)14-6-9-5-8(9)2/h7-9H,3-6H2,1-2H3,(H,14,15,16). The fourth-order valence-electron chi connectivity index (χ4n) is 1.93. The van der Waals surface area contributed by atoms with E-state index in [2.05, 4.69) is 29.1 Å². The number of hydrogen-bond donors (Lipinski definition) is 1. The lowest BCUT2D eigenvalue weighted by molar-refractivity contribution is 0.780. The van der Waals surface area contributed by atoms with E-state index in [1.807, 2.05) is 0 Å². The van der Waals surface area contributed by atoms with Crippen LogP contribution in [0.25, 0.3) is 0 Å². The van der Waals surface area contributed by atoms with E-state index in [9.17, 15) is 0 Å². The van der Waals surface area contributed by atoms with Crippen molar-refractivity contribution in [3.05, 3.63) is 17.0 Å². The molecule has 1 saturated carbocycles. The average Bonchev–Trinajstić information content (AvgIpc) is 2.96. The van der Waals surface area contributed by atoms with Gasteiger partial charge in [0.25, 0.3) is 0 Å². The predicted molar refractivity (Wildman–Crippen MR) is 66.8 cm³/mol. The zero-order valence-corrected chi connectivity index (χ0v) is 10.6. The second-order valence-corrected chi connectivity index (χ2v) is 4.95. The molecule has 1 heterocycles. The van der Waals surface area contributed by atoms with Gasteiger partial charge in [-0.1, -0.05) is 31.9 Å². The summed E-state index contributed by atoms with van der Waals surface area (Å²) in [4.78, 5) is 8.31. The normalized spacial score (nSPS) is 23.2. The molecule has 1 aliphatic rings. The smallest absolute Gasteiger partial charge is 0.137 e. The molecule has 0 bridgehead atoms. The Labute approximate surface area is 102 Å². The molecule has 3 nitrogen and oxygen atoms in total. The van der Waals surface area contributed by atoms with Crippen molar-refractivity contribution in [3.8, 4) is 0 Å². The number of halogens is 1. The second kappa shape index (κ2) is 5.00. The zero-order valence-electron chi connectivity index (χ0n) is 9.83. The van der Waals surface area contributed by atoms with Crippen molar-refractivity contribution in [1.29, 1.82) is 0 Å². The third kappa shape index (κ3) is 2.64. The summed E-state index contributed by atoms with van der Waals surface area (Å²) < 4.78 is 0.